The van der Waals surface area contributed by atoms with Crippen molar-refractivity contribution in [1.82, 2.24) is 0 Å². The van der Waals surface area contributed by atoms with Crippen LogP contribution in [0.1, 0.15) is 0 Å². The molecule has 0 N–H and O–H groups in total. The average molecular weight is 965 g/mol. The standard InChI is InChI=1S/C74H44S/c1-5-20-45(21-6-1)51-38-39-52(46-22-7-2-8-23-46)71-68(48-26-11-4-12-27-48)73-62-41-40-58(60-33-19-34-61(69(60)62)72(73)67(70(51)71)47-24-9-3-10-25-47)64-43-50(44-65-59-32-17-18-35-66(59)75-74(64)65)49-36-37-57-55-30-14-13-28-53(55)54-29-15-16-31-56(54)63(57)42-49/h1-44H. The van der Waals surface area contributed by atoms with Gasteiger partial charge in [-0.2, -0.15) is 0 Å². The zero-order chi connectivity index (χ0) is 49.1. The van der Waals surface area contributed by atoms with E-state index in [0.29, 0.717) is 0 Å². The first kappa shape index (κ1) is 42.1. The van der Waals surface area contributed by atoms with E-state index in [-0.39, 0.29) is 0 Å². The summed E-state index contributed by atoms with van der Waals surface area (Å²) in [5.74, 6) is 0. The Bertz CT molecular complexity index is 4660. The SMILES string of the molecule is c1ccc(-c2ccc(-c3ccccc3)c3c(-c4ccccc4)c4c(c(-c5ccccc5)c23)-c2cccc3c(-c5cc(-c6ccc7c8ccccc8c8ccccc8c7c6)cc6c5sc5ccccc56)ccc-4c23)cc1. The minimum Gasteiger partial charge on any atom is -0.135 e. The van der Waals surface area contributed by atoms with Gasteiger partial charge in [0.15, 0.2) is 0 Å². The maximum Gasteiger partial charge on any atom is 0.0434 e. The Balaban J connectivity index is 1.02. The van der Waals surface area contributed by atoms with Gasteiger partial charge < -0.3 is 0 Å². The summed E-state index contributed by atoms with van der Waals surface area (Å²) in [5.41, 5.74) is 19.9. The van der Waals surface area contributed by atoms with Crippen LogP contribution in [0.4, 0.5) is 0 Å². The highest BCUT2D eigenvalue weighted by molar-refractivity contribution is 7.26. The van der Waals surface area contributed by atoms with Crippen molar-refractivity contribution in [2.24, 2.45) is 0 Å². The van der Waals surface area contributed by atoms with E-state index in [1.54, 1.807) is 0 Å². The first-order chi connectivity index (χ1) is 37.2. The summed E-state index contributed by atoms with van der Waals surface area (Å²) in [6, 6.07) is 100.0. The van der Waals surface area contributed by atoms with E-state index in [0.717, 1.165) is 0 Å². The smallest absolute Gasteiger partial charge is 0.0434 e. The van der Waals surface area contributed by atoms with E-state index >= 15 is 0 Å². The van der Waals surface area contributed by atoms with Gasteiger partial charge in [0.25, 0.3) is 0 Å². The van der Waals surface area contributed by atoms with Crippen LogP contribution in [0.25, 0.3) is 163 Å². The molecule has 346 valence electrons. The van der Waals surface area contributed by atoms with Crippen LogP contribution < -0.4 is 0 Å². The number of fused-ring (bicyclic) bond motifs is 13. The van der Waals surface area contributed by atoms with E-state index in [2.05, 4.69) is 267 Å². The molecule has 0 radical (unpaired) electrons. The molecule has 0 amide bonds. The Kier molecular flexibility index (Phi) is 9.31. The zero-order valence-corrected chi connectivity index (χ0v) is 41.6. The topological polar surface area (TPSA) is 0 Å². The number of benzene rings is 14. The van der Waals surface area contributed by atoms with Crippen molar-refractivity contribution in [3.8, 4) is 89.0 Å². The molecule has 75 heavy (non-hydrogen) atoms. The second kappa shape index (κ2) is 16.6. The maximum atomic E-state index is 2.49. The van der Waals surface area contributed by atoms with Gasteiger partial charge in [0, 0.05) is 25.7 Å². The molecule has 0 fully saturated rings. The first-order valence-electron chi connectivity index (χ1n) is 26.0. The first-order valence-corrected chi connectivity index (χ1v) is 26.8. The fraction of sp³-hybridized carbons (Fsp3) is 0. The van der Waals surface area contributed by atoms with Gasteiger partial charge in [-0.3, -0.25) is 0 Å². The molecule has 1 aliphatic rings. The lowest BCUT2D eigenvalue weighted by Gasteiger charge is -2.25. The minimum absolute atomic E-state index is 1.20. The Morgan fingerprint density at radius 1 is 0.187 bits per heavy atom. The molecule has 0 unspecified atom stereocenters. The number of hydrogen-bond acceptors (Lipinski definition) is 1. The summed E-state index contributed by atoms with van der Waals surface area (Å²) in [5, 5.41) is 15.4. The number of hydrogen-bond donors (Lipinski definition) is 0. The summed E-state index contributed by atoms with van der Waals surface area (Å²) in [6.07, 6.45) is 0. The fourth-order valence-electron chi connectivity index (χ4n) is 13.0. The molecular weight excluding hydrogens is 921 g/mol. The summed E-state index contributed by atoms with van der Waals surface area (Å²) in [6.45, 7) is 0. The van der Waals surface area contributed by atoms with Gasteiger partial charge >= 0.3 is 0 Å². The zero-order valence-electron chi connectivity index (χ0n) is 40.8. The Hall–Kier alpha value is -9.40. The largest absolute Gasteiger partial charge is 0.135 e. The summed E-state index contributed by atoms with van der Waals surface area (Å²) in [7, 11) is 0. The van der Waals surface area contributed by atoms with Crippen molar-refractivity contribution in [1.29, 1.82) is 0 Å². The summed E-state index contributed by atoms with van der Waals surface area (Å²) >= 11 is 1.91. The second-order valence-corrected chi connectivity index (χ2v) is 21.2. The van der Waals surface area contributed by atoms with Crippen molar-refractivity contribution < 1.29 is 0 Å². The molecule has 14 aromatic carbocycles. The second-order valence-electron chi connectivity index (χ2n) is 20.1. The van der Waals surface area contributed by atoms with Gasteiger partial charge in [0.1, 0.15) is 0 Å². The molecule has 0 saturated heterocycles. The Labute approximate surface area is 438 Å². The molecule has 0 nitrogen and oxygen atoms in total. The van der Waals surface area contributed by atoms with Gasteiger partial charge in [0.2, 0.25) is 0 Å². The molecule has 1 heterocycles. The molecule has 16 rings (SSSR count). The molecule has 1 aromatic heterocycles. The lowest BCUT2D eigenvalue weighted by atomic mass is 9.78. The highest BCUT2D eigenvalue weighted by Gasteiger charge is 2.34. The number of thiophene rings is 1. The molecule has 1 heteroatoms. The normalized spacial score (nSPS) is 12.0. The van der Waals surface area contributed by atoms with Crippen molar-refractivity contribution in [3.05, 3.63) is 267 Å². The third-order valence-electron chi connectivity index (χ3n) is 16.2. The molecule has 0 aliphatic heterocycles. The molecule has 0 spiro atoms. The van der Waals surface area contributed by atoms with Crippen molar-refractivity contribution in [2.45, 2.75) is 0 Å². The van der Waals surface area contributed by atoms with Crippen LogP contribution in [-0.2, 0) is 0 Å². The van der Waals surface area contributed by atoms with Crippen LogP contribution in [-0.4, -0.2) is 0 Å². The molecule has 1 aliphatic carbocycles. The van der Waals surface area contributed by atoms with Crippen LogP contribution in [0.5, 0.6) is 0 Å². The predicted octanol–water partition coefficient (Wildman–Crippen LogP) is 21.5. The van der Waals surface area contributed by atoms with E-state index < -0.39 is 0 Å². The molecule has 15 aromatic rings. The van der Waals surface area contributed by atoms with Gasteiger partial charge in [-0.15, -0.1) is 11.3 Å². The molecular formula is C74H44S. The van der Waals surface area contributed by atoms with E-state index in [1.165, 1.54) is 163 Å². The third kappa shape index (κ3) is 6.29. The van der Waals surface area contributed by atoms with Gasteiger partial charge in [-0.05, 0) is 162 Å². The Morgan fingerprint density at radius 2 is 0.613 bits per heavy atom. The Morgan fingerprint density at radius 3 is 1.19 bits per heavy atom. The van der Waals surface area contributed by atoms with Gasteiger partial charge in [-0.1, -0.05) is 243 Å². The van der Waals surface area contributed by atoms with E-state index in [9.17, 15) is 0 Å². The summed E-state index contributed by atoms with van der Waals surface area (Å²) in [4.78, 5) is 0. The third-order valence-corrected chi connectivity index (χ3v) is 17.4. The van der Waals surface area contributed by atoms with Crippen molar-refractivity contribution in [3.63, 3.8) is 0 Å². The molecule has 0 atom stereocenters. The maximum absolute atomic E-state index is 2.49. The summed E-state index contributed by atoms with van der Waals surface area (Å²) < 4.78 is 2.62. The number of rotatable bonds is 6. The average Bonchev–Trinajstić information content (AvgIpc) is 4.04. The van der Waals surface area contributed by atoms with Crippen LogP contribution in [0.3, 0.4) is 0 Å². The monoisotopic (exact) mass is 964 g/mol. The highest BCUT2D eigenvalue weighted by Crippen LogP contribution is 2.61. The van der Waals surface area contributed by atoms with Crippen LogP contribution in [0.2, 0.25) is 0 Å². The van der Waals surface area contributed by atoms with Gasteiger partial charge in [0.05, 0.1) is 0 Å². The van der Waals surface area contributed by atoms with Crippen LogP contribution >= 0.6 is 11.3 Å². The van der Waals surface area contributed by atoms with Crippen LogP contribution in [0.15, 0.2) is 267 Å². The molecule has 0 bridgehead atoms. The predicted molar refractivity (Wildman–Crippen MR) is 324 cm³/mol. The lowest BCUT2D eigenvalue weighted by Crippen LogP contribution is -1.97. The van der Waals surface area contributed by atoms with Crippen molar-refractivity contribution >= 4 is 85.4 Å². The lowest BCUT2D eigenvalue weighted by molar-refractivity contribution is 1.59. The highest BCUT2D eigenvalue weighted by atomic mass is 32.1. The fourth-order valence-corrected chi connectivity index (χ4v) is 14.2. The van der Waals surface area contributed by atoms with E-state index in [4.69, 9.17) is 0 Å². The van der Waals surface area contributed by atoms with Gasteiger partial charge in [-0.25, -0.2) is 0 Å². The van der Waals surface area contributed by atoms with Crippen LogP contribution in [0, 0.1) is 0 Å². The van der Waals surface area contributed by atoms with Crippen molar-refractivity contribution in [2.75, 3.05) is 0 Å². The quantitative estimate of drug-likeness (QED) is 0.146. The van der Waals surface area contributed by atoms with E-state index in [1.807, 2.05) is 11.3 Å². The molecule has 0 saturated carbocycles. The minimum atomic E-state index is 1.20.